The van der Waals surface area contributed by atoms with Crippen LogP contribution in [0, 0.1) is 0 Å². The lowest BCUT2D eigenvalue weighted by Crippen LogP contribution is -1.98. The second-order valence-corrected chi connectivity index (χ2v) is 3.50. The van der Waals surface area contributed by atoms with Crippen molar-refractivity contribution in [3.05, 3.63) is 29.8 Å². The van der Waals surface area contributed by atoms with Crippen molar-refractivity contribution in [3.63, 3.8) is 0 Å². The highest BCUT2D eigenvalue weighted by molar-refractivity contribution is 6.17. The van der Waals surface area contributed by atoms with Gasteiger partial charge in [-0.1, -0.05) is 12.1 Å². The predicted molar refractivity (Wildman–Crippen MR) is 57.9 cm³/mol. The van der Waals surface area contributed by atoms with Gasteiger partial charge in [0.2, 0.25) is 0 Å². The third-order valence-electron chi connectivity index (χ3n) is 2.09. The van der Waals surface area contributed by atoms with Crippen LogP contribution in [0.5, 0.6) is 5.75 Å². The van der Waals surface area contributed by atoms with Crippen molar-refractivity contribution >= 4 is 11.6 Å². The highest BCUT2D eigenvalue weighted by Gasteiger charge is 2.07. The number of halogens is 1. The maximum absolute atomic E-state index is 9.76. The smallest absolute Gasteiger partial charge is 0.119 e. The second kappa shape index (κ2) is 5.89. The first-order valence-electron chi connectivity index (χ1n) is 4.66. The third-order valence-corrected chi connectivity index (χ3v) is 2.36. The Labute approximate surface area is 89.5 Å². The van der Waals surface area contributed by atoms with E-state index in [0.29, 0.717) is 12.3 Å². The summed E-state index contributed by atoms with van der Waals surface area (Å²) in [6.45, 7) is 0. The van der Waals surface area contributed by atoms with Crippen molar-refractivity contribution in [3.8, 4) is 5.75 Å². The number of hydrogen-bond donors (Lipinski definition) is 1. The summed E-state index contributed by atoms with van der Waals surface area (Å²) >= 11 is 5.56. The van der Waals surface area contributed by atoms with E-state index in [1.807, 2.05) is 24.3 Å². The summed E-state index contributed by atoms with van der Waals surface area (Å²) in [7, 11) is 1.62. The summed E-state index contributed by atoms with van der Waals surface area (Å²) in [6, 6.07) is 7.47. The van der Waals surface area contributed by atoms with Crippen molar-refractivity contribution < 1.29 is 9.84 Å². The van der Waals surface area contributed by atoms with Gasteiger partial charge in [0.05, 0.1) is 13.2 Å². The molecule has 0 fully saturated rings. The first kappa shape index (κ1) is 11.3. The zero-order chi connectivity index (χ0) is 10.4. The Bertz CT molecular complexity index is 276. The molecule has 0 radical (unpaired) electrons. The summed E-state index contributed by atoms with van der Waals surface area (Å²) in [5.41, 5.74) is 0.884. The van der Waals surface area contributed by atoms with Crippen LogP contribution in [-0.2, 0) is 0 Å². The van der Waals surface area contributed by atoms with E-state index in [9.17, 15) is 5.11 Å². The lowest BCUT2D eigenvalue weighted by atomic mass is 10.1. The van der Waals surface area contributed by atoms with Gasteiger partial charge in [0, 0.05) is 5.88 Å². The molecule has 1 N–H and O–H groups in total. The Morgan fingerprint density at radius 2 is 2.29 bits per heavy atom. The van der Waals surface area contributed by atoms with Crippen molar-refractivity contribution in [1.29, 1.82) is 0 Å². The maximum atomic E-state index is 9.76. The average molecular weight is 215 g/mol. The molecule has 0 unspecified atom stereocenters. The molecule has 0 aliphatic heterocycles. The van der Waals surface area contributed by atoms with Crippen molar-refractivity contribution in [2.24, 2.45) is 0 Å². The van der Waals surface area contributed by atoms with E-state index in [1.165, 1.54) is 0 Å². The van der Waals surface area contributed by atoms with Crippen LogP contribution >= 0.6 is 11.6 Å². The molecule has 0 amide bonds. The highest BCUT2D eigenvalue weighted by atomic mass is 35.5. The zero-order valence-electron chi connectivity index (χ0n) is 8.24. The molecule has 1 rings (SSSR count). The first-order chi connectivity index (χ1) is 6.77. The van der Waals surface area contributed by atoms with Crippen LogP contribution < -0.4 is 4.74 Å². The van der Waals surface area contributed by atoms with Crippen LogP contribution in [0.4, 0.5) is 0 Å². The summed E-state index contributed by atoms with van der Waals surface area (Å²) in [5, 5.41) is 9.76. The van der Waals surface area contributed by atoms with E-state index in [0.717, 1.165) is 17.7 Å². The number of alkyl halides is 1. The fourth-order valence-electron chi connectivity index (χ4n) is 1.29. The number of methoxy groups -OCH3 is 1. The molecule has 0 bridgehead atoms. The van der Waals surface area contributed by atoms with Crippen LogP contribution in [0.1, 0.15) is 24.5 Å². The standard InChI is InChI=1S/C11H15ClO2/c1-14-10-5-2-4-9(8-10)11(13)6-3-7-12/h2,4-5,8,11,13H,3,6-7H2,1H3/t11-/m1/s1. The van der Waals surface area contributed by atoms with E-state index >= 15 is 0 Å². The Morgan fingerprint density at radius 1 is 1.50 bits per heavy atom. The van der Waals surface area contributed by atoms with Gasteiger partial charge in [0.1, 0.15) is 5.75 Å². The van der Waals surface area contributed by atoms with Crippen molar-refractivity contribution in [2.75, 3.05) is 13.0 Å². The van der Waals surface area contributed by atoms with Crippen LogP contribution in [0.15, 0.2) is 24.3 Å². The van der Waals surface area contributed by atoms with E-state index in [2.05, 4.69) is 0 Å². The molecule has 1 aromatic rings. The molecule has 0 saturated carbocycles. The quantitative estimate of drug-likeness (QED) is 0.764. The number of rotatable bonds is 5. The fraction of sp³-hybridized carbons (Fsp3) is 0.455. The van der Waals surface area contributed by atoms with Gasteiger partial charge < -0.3 is 9.84 Å². The average Bonchev–Trinajstić information content (AvgIpc) is 2.26. The summed E-state index contributed by atoms with van der Waals surface area (Å²) < 4.78 is 5.07. The van der Waals surface area contributed by atoms with Gasteiger partial charge in [-0.25, -0.2) is 0 Å². The van der Waals surface area contributed by atoms with Gasteiger partial charge in [0.25, 0.3) is 0 Å². The van der Waals surface area contributed by atoms with Gasteiger partial charge >= 0.3 is 0 Å². The molecule has 0 heterocycles. The largest absolute Gasteiger partial charge is 0.497 e. The zero-order valence-corrected chi connectivity index (χ0v) is 9.00. The van der Waals surface area contributed by atoms with E-state index < -0.39 is 6.10 Å². The summed E-state index contributed by atoms with van der Waals surface area (Å²) in [4.78, 5) is 0. The van der Waals surface area contributed by atoms with Crippen LogP contribution in [0.3, 0.4) is 0 Å². The van der Waals surface area contributed by atoms with Gasteiger partial charge in [0.15, 0.2) is 0 Å². The van der Waals surface area contributed by atoms with Crippen molar-refractivity contribution in [2.45, 2.75) is 18.9 Å². The van der Waals surface area contributed by atoms with Crippen LogP contribution in [0.25, 0.3) is 0 Å². The predicted octanol–water partition coefficient (Wildman–Crippen LogP) is 2.75. The minimum absolute atomic E-state index is 0.441. The van der Waals surface area contributed by atoms with Gasteiger partial charge in [-0.2, -0.15) is 0 Å². The normalized spacial score (nSPS) is 12.5. The molecule has 78 valence electrons. The highest BCUT2D eigenvalue weighted by Crippen LogP contribution is 2.22. The molecule has 0 spiro atoms. The van der Waals surface area contributed by atoms with Gasteiger partial charge in [-0.15, -0.1) is 11.6 Å². The number of hydrogen-bond acceptors (Lipinski definition) is 2. The minimum Gasteiger partial charge on any atom is -0.497 e. The minimum atomic E-state index is -0.441. The van der Waals surface area contributed by atoms with Crippen molar-refractivity contribution in [1.82, 2.24) is 0 Å². The molecule has 14 heavy (non-hydrogen) atoms. The Kier molecular flexibility index (Phi) is 4.77. The number of benzene rings is 1. The fourth-order valence-corrected chi connectivity index (χ4v) is 1.44. The molecular weight excluding hydrogens is 200 g/mol. The second-order valence-electron chi connectivity index (χ2n) is 3.12. The topological polar surface area (TPSA) is 29.5 Å². The molecule has 0 aromatic heterocycles. The summed E-state index contributed by atoms with van der Waals surface area (Å²) in [6.07, 6.45) is 1.07. The Hall–Kier alpha value is -0.730. The van der Waals surface area contributed by atoms with E-state index in [4.69, 9.17) is 16.3 Å². The molecular formula is C11H15ClO2. The SMILES string of the molecule is COc1cccc([C@H](O)CCCCl)c1. The monoisotopic (exact) mass is 214 g/mol. The number of ether oxygens (including phenoxy) is 1. The Morgan fingerprint density at radius 3 is 2.93 bits per heavy atom. The summed E-state index contributed by atoms with van der Waals surface area (Å²) in [5.74, 6) is 1.36. The van der Waals surface area contributed by atoms with E-state index in [1.54, 1.807) is 7.11 Å². The van der Waals surface area contributed by atoms with E-state index in [-0.39, 0.29) is 0 Å². The van der Waals surface area contributed by atoms with Crippen LogP contribution in [0.2, 0.25) is 0 Å². The molecule has 0 saturated heterocycles. The molecule has 1 atom stereocenters. The lowest BCUT2D eigenvalue weighted by molar-refractivity contribution is 0.166. The molecule has 0 aliphatic rings. The van der Waals surface area contributed by atoms with Gasteiger partial charge in [-0.05, 0) is 30.5 Å². The molecule has 1 aromatic carbocycles. The molecule has 2 nitrogen and oxygen atoms in total. The number of aliphatic hydroxyl groups excluding tert-OH is 1. The molecule has 3 heteroatoms. The van der Waals surface area contributed by atoms with Crippen LogP contribution in [-0.4, -0.2) is 18.1 Å². The Balaban J connectivity index is 2.64. The third kappa shape index (κ3) is 3.20. The first-order valence-corrected chi connectivity index (χ1v) is 5.19. The lowest BCUT2D eigenvalue weighted by Gasteiger charge is -2.10. The number of aliphatic hydroxyl groups is 1. The van der Waals surface area contributed by atoms with Gasteiger partial charge in [-0.3, -0.25) is 0 Å². The molecule has 0 aliphatic carbocycles. The maximum Gasteiger partial charge on any atom is 0.119 e.